The first-order valence-electron chi connectivity index (χ1n) is 9.88. The Kier molecular flexibility index (Phi) is 5.58. The Morgan fingerprint density at radius 3 is 3.00 bits per heavy atom. The molecule has 0 aliphatic carbocycles. The Labute approximate surface area is 165 Å². The maximum Gasteiger partial charge on any atom is 0.234 e. The van der Waals surface area contributed by atoms with Gasteiger partial charge in [-0.1, -0.05) is 31.2 Å². The lowest BCUT2D eigenvalue weighted by Gasteiger charge is -2.27. The molecule has 1 amide bonds. The normalized spacial score (nSPS) is 14.0. The second-order valence-electron chi connectivity index (χ2n) is 7.16. The molecule has 0 atom stereocenters. The summed E-state index contributed by atoms with van der Waals surface area (Å²) in [6.45, 7) is 4.65. The van der Waals surface area contributed by atoms with Crippen LogP contribution < -0.4 is 5.32 Å². The molecule has 1 aromatic carbocycles. The summed E-state index contributed by atoms with van der Waals surface area (Å²) >= 11 is 0. The fourth-order valence-electron chi connectivity index (χ4n) is 3.67. The van der Waals surface area contributed by atoms with E-state index in [1.54, 1.807) is 0 Å². The molecular formula is C22H25N5O. The summed E-state index contributed by atoms with van der Waals surface area (Å²) in [6, 6.07) is 10.2. The second-order valence-corrected chi connectivity index (χ2v) is 7.16. The summed E-state index contributed by atoms with van der Waals surface area (Å²) < 4.78 is 0. The van der Waals surface area contributed by atoms with Gasteiger partial charge in [0.25, 0.3) is 0 Å². The van der Waals surface area contributed by atoms with E-state index in [0.717, 1.165) is 53.8 Å². The Balaban J connectivity index is 1.30. The Hall–Kier alpha value is -2.86. The number of rotatable bonds is 6. The smallest absolute Gasteiger partial charge is 0.234 e. The van der Waals surface area contributed by atoms with E-state index in [1.807, 2.05) is 24.5 Å². The minimum absolute atomic E-state index is 0.0569. The average Bonchev–Trinajstić information content (AvgIpc) is 2.73. The Morgan fingerprint density at radius 2 is 2.11 bits per heavy atom. The van der Waals surface area contributed by atoms with Crippen molar-refractivity contribution in [2.24, 2.45) is 0 Å². The molecule has 2 aromatic heterocycles. The maximum absolute atomic E-state index is 12.4. The van der Waals surface area contributed by atoms with E-state index in [0.29, 0.717) is 19.6 Å². The second kappa shape index (κ2) is 8.44. The molecule has 3 aromatic rings. The molecule has 0 saturated carbocycles. The van der Waals surface area contributed by atoms with Crippen LogP contribution in [0.15, 0.2) is 42.7 Å². The van der Waals surface area contributed by atoms with E-state index < -0.39 is 0 Å². The zero-order valence-corrected chi connectivity index (χ0v) is 16.2. The van der Waals surface area contributed by atoms with Gasteiger partial charge in [0, 0.05) is 43.8 Å². The van der Waals surface area contributed by atoms with Gasteiger partial charge in [-0.15, -0.1) is 0 Å². The van der Waals surface area contributed by atoms with Crippen molar-refractivity contribution in [2.75, 3.05) is 19.6 Å². The molecule has 1 aliphatic heterocycles. The van der Waals surface area contributed by atoms with Gasteiger partial charge in [0.2, 0.25) is 5.91 Å². The van der Waals surface area contributed by atoms with Crippen LogP contribution in [0.2, 0.25) is 0 Å². The van der Waals surface area contributed by atoms with Crippen molar-refractivity contribution in [1.29, 1.82) is 0 Å². The highest BCUT2D eigenvalue weighted by molar-refractivity contribution is 5.82. The molecule has 0 saturated heterocycles. The Morgan fingerprint density at radius 1 is 1.21 bits per heavy atom. The lowest BCUT2D eigenvalue weighted by Crippen LogP contribution is -2.40. The van der Waals surface area contributed by atoms with E-state index in [1.165, 1.54) is 5.56 Å². The van der Waals surface area contributed by atoms with Crippen LogP contribution in [0, 0.1) is 0 Å². The first-order valence-corrected chi connectivity index (χ1v) is 9.88. The van der Waals surface area contributed by atoms with Gasteiger partial charge in [0.15, 0.2) is 0 Å². The van der Waals surface area contributed by atoms with Crippen LogP contribution in [0.1, 0.15) is 29.6 Å². The zero-order chi connectivity index (χ0) is 19.3. The molecule has 4 rings (SSSR count). The van der Waals surface area contributed by atoms with Crippen LogP contribution in [-0.4, -0.2) is 45.4 Å². The molecule has 0 unspecified atom stereocenters. The molecular weight excluding hydrogens is 350 g/mol. The third kappa shape index (κ3) is 4.17. The number of nitrogens with one attached hydrogen (secondary N) is 1. The number of pyridine rings is 1. The molecule has 3 heterocycles. The number of para-hydroxylation sites is 1. The molecule has 1 N–H and O–H groups in total. The molecule has 0 fully saturated rings. The SMILES string of the molecule is CCc1ncc2c(n1)CN(CC(=O)NCCc1cccc3cccnc13)CC2. The van der Waals surface area contributed by atoms with Crippen molar-refractivity contribution in [3.63, 3.8) is 0 Å². The number of nitrogens with zero attached hydrogens (tertiary/aromatic N) is 4. The minimum atomic E-state index is 0.0569. The lowest BCUT2D eigenvalue weighted by molar-refractivity contribution is -0.122. The van der Waals surface area contributed by atoms with E-state index in [9.17, 15) is 4.79 Å². The quantitative estimate of drug-likeness (QED) is 0.716. The third-order valence-corrected chi connectivity index (χ3v) is 5.19. The van der Waals surface area contributed by atoms with E-state index in [2.05, 4.69) is 50.3 Å². The van der Waals surface area contributed by atoms with Crippen molar-refractivity contribution in [2.45, 2.75) is 32.7 Å². The summed E-state index contributed by atoms with van der Waals surface area (Å²) in [5, 5.41) is 4.18. The topological polar surface area (TPSA) is 71.0 Å². The van der Waals surface area contributed by atoms with E-state index in [4.69, 9.17) is 0 Å². The number of aromatic nitrogens is 3. The first-order chi connectivity index (χ1) is 13.7. The highest BCUT2D eigenvalue weighted by Gasteiger charge is 2.20. The molecule has 0 bridgehead atoms. The van der Waals surface area contributed by atoms with Gasteiger partial charge in [0.1, 0.15) is 5.82 Å². The van der Waals surface area contributed by atoms with Crippen molar-refractivity contribution in [1.82, 2.24) is 25.2 Å². The van der Waals surface area contributed by atoms with Gasteiger partial charge in [0.05, 0.1) is 17.8 Å². The number of carbonyl (C=O) groups is 1. The monoisotopic (exact) mass is 375 g/mol. The number of amides is 1. The fourth-order valence-corrected chi connectivity index (χ4v) is 3.67. The summed E-state index contributed by atoms with van der Waals surface area (Å²) in [5.41, 5.74) is 4.44. The fraction of sp³-hybridized carbons (Fsp3) is 0.364. The van der Waals surface area contributed by atoms with Crippen molar-refractivity contribution >= 4 is 16.8 Å². The molecule has 0 spiro atoms. The largest absolute Gasteiger partial charge is 0.355 e. The van der Waals surface area contributed by atoms with Crippen LogP contribution in [0.5, 0.6) is 0 Å². The summed E-state index contributed by atoms with van der Waals surface area (Å²) in [6.07, 6.45) is 6.25. The minimum Gasteiger partial charge on any atom is -0.355 e. The van der Waals surface area contributed by atoms with Crippen LogP contribution >= 0.6 is 0 Å². The molecule has 1 aliphatic rings. The van der Waals surface area contributed by atoms with Crippen LogP contribution in [0.4, 0.5) is 0 Å². The van der Waals surface area contributed by atoms with Crippen LogP contribution in [0.25, 0.3) is 10.9 Å². The molecule has 28 heavy (non-hydrogen) atoms. The predicted octanol–water partition coefficient (Wildman–Crippen LogP) is 2.30. The van der Waals surface area contributed by atoms with Gasteiger partial charge in [-0.3, -0.25) is 14.7 Å². The van der Waals surface area contributed by atoms with Crippen molar-refractivity contribution in [3.05, 3.63) is 65.4 Å². The first kappa shape index (κ1) is 18.5. The van der Waals surface area contributed by atoms with Crippen LogP contribution in [0.3, 0.4) is 0 Å². The highest BCUT2D eigenvalue weighted by Crippen LogP contribution is 2.17. The van der Waals surface area contributed by atoms with E-state index in [-0.39, 0.29) is 5.91 Å². The maximum atomic E-state index is 12.4. The van der Waals surface area contributed by atoms with Gasteiger partial charge in [-0.05, 0) is 30.0 Å². The number of hydrogen-bond acceptors (Lipinski definition) is 5. The van der Waals surface area contributed by atoms with Gasteiger partial charge in [-0.25, -0.2) is 9.97 Å². The number of aryl methyl sites for hydroxylation is 1. The highest BCUT2D eigenvalue weighted by atomic mass is 16.2. The lowest BCUT2D eigenvalue weighted by atomic mass is 10.1. The zero-order valence-electron chi connectivity index (χ0n) is 16.2. The summed E-state index contributed by atoms with van der Waals surface area (Å²) in [4.78, 5) is 28.0. The third-order valence-electron chi connectivity index (χ3n) is 5.19. The van der Waals surface area contributed by atoms with E-state index >= 15 is 0 Å². The number of benzene rings is 1. The van der Waals surface area contributed by atoms with Gasteiger partial charge < -0.3 is 5.32 Å². The number of carbonyl (C=O) groups excluding carboxylic acids is 1. The molecule has 0 radical (unpaired) electrons. The van der Waals surface area contributed by atoms with Crippen LogP contribution in [-0.2, 0) is 30.6 Å². The van der Waals surface area contributed by atoms with Crippen molar-refractivity contribution < 1.29 is 4.79 Å². The van der Waals surface area contributed by atoms with Gasteiger partial charge >= 0.3 is 0 Å². The summed E-state index contributed by atoms with van der Waals surface area (Å²) in [5.74, 6) is 0.926. The Bertz CT molecular complexity index is 982. The number of hydrogen-bond donors (Lipinski definition) is 1. The summed E-state index contributed by atoms with van der Waals surface area (Å²) in [7, 11) is 0. The average molecular weight is 375 g/mol. The predicted molar refractivity (Wildman–Crippen MR) is 109 cm³/mol. The number of fused-ring (bicyclic) bond motifs is 2. The molecule has 6 heteroatoms. The molecule has 6 nitrogen and oxygen atoms in total. The van der Waals surface area contributed by atoms with Gasteiger partial charge in [-0.2, -0.15) is 0 Å². The van der Waals surface area contributed by atoms with Crippen molar-refractivity contribution in [3.8, 4) is 0 Å². The standard InChI is InChI=1S/C22H25N5O/c1-2-20-25-13-18-9-12-27(14-19(18)26-20)15-21(28)23-11-8-17-6-3-5-16-7-4-10-24-22(16)17/h3-7,10,13H,2,8-9,11-12,14-15H2,1H3,(H,23,28). The molecule has 144 valence electrons.